The normalized spacial score (nSPS) is 13.4. The maximum atomic E-state index is 5.23. The number of para-hydroxylation sites is 3. The van der Waals surface area contributed by atoms with E-state index in [1.165, 1.54) is 45.2 Å². The maximum absolute atomic E-state index is 5.23. The Kier molecular flexibility index (Phi) is 15.9. The van der Waals surface area contributed by atoms with Crippen LogP contribution in [-0.4, -0.2) is 46.3 Å². The second kappa shape index (κ2) is 20.5. The molecule has 1 aliphatic rings. The van der Waals surface area contributed by atoms with Gasteiger partial charge in [0.05, 0.1) is 30.6 Å². The number of nitrogens with two attached hydrogens (primary N) is 1. The molecule has 12 nitrogen and oxygen atoms in total. The summed E-state index contributed by atoms with van der Waals surface area (Å²) in [6, 6.07) is 24.6. The first-order valence-corrected chi connectivity index (χ1v) is 18.9. The van der Waals surface area contributed by atoms with Crippen molar-refractivity contribution >= 4 is 71.0 Å². The van der Waals surface area contributed by atoms with Gasteiger partial charge in [-0.3, -0.25) is 5.43 Å². The molecule has 15 heteroatoms. The Hall–Kier alpha value is -4.12. The Morgan fingerprint density at radius 2 is 1.06 bits per heavy atom. The van der Waals surface area contributed by atoms with Gasteiger partial charge >= 0.3 is 0 Å². The van der Waals surface area contributed by atoms with E-state index in [2.05, 4.69) is 62.2 Å². The van der Waals surface area contributed by atoms with Crippen LogP contribution in [-0.2, 0) is 35.4 Å². The second-order valence-corrected chi connectivity index (χ2v) is 13.7. The Morgan fingerprint density at radius 3 is 1.48 bits per heavy atom. The Balaban J connectivity index is 0.000000186. The van der Waals surface area contributed by atoms with Gasteiger partial charge < -0.3 is 33.8 Å². The molecule has 0 aliphatic heterocycles. The van der Waals surface area contributed by atoms with E-state index in [9.17, 15) is 0 Å². The smallest absolute Gasteiger partial charge is 0.271 e. The van der Waals surface area contributed by atoms with Gasteiger partial charge in [0.25, 0.3) is 6.48 Å². The quantitative estimate of drug-likeness (QED) is 0.0591. The second-order valence-electron chi connectivity index (χ2n) is 10.7. The number of hydrogen-bond acceptors (Lipinski definition) is 11. The summed E-state index contributed by atoms with van der Waals surface area (Å²) in [6.45, 7) is 7.10. The summed E-state index contributed by atoms with van der Waals surface area (Å²) >= 11 is 4.82. The molecule has 0 bridgehead atoms. The van der Waals surface area contributed by atoms with Crippen LogP contribution in [0.3, 0.4) is 0 Å². The van der Waals surface area contributed by atoms with Gasteiger partial charge in [0, 0.05) is 41.0 Å². The molecule has 3 N–H and O–H groups in total. The van der Waals surface area contributed by atoms with Gasteiger partial charge in [-0.2, -0.15) is 5.10 Å². The Bertz CT molecular complexity index is 2140. The molecule has 1 aliphatic carbocycles. The number of ether oxygens (including phenoxy) is 3. The van der Waals surface area contributed by atoms with Gasteiger partial charge in [0.1, 0.15) is 6.34 Å². The summed E-state index contributed by atoms with van der Waals surface area (Å²) < 4.78 is 24.9. The van der Waals surface area contributed by atoms with E-state index in [1.807, 2.05) is 92.0 Å². The lowest BCUT2D eigenvalue weighted by Gasteiger charge is -2.15. The van der Waals surface area contributed by atoms with E-state index in [-0.39, 0.29) is 0 Å². The van der Waals surface area contributed by atoms with Crippen molar-refractivity contribution in [3.8, 4) is 0 Å². The summed E-state index contributed by atoms with van der Waals surface area (Å²) in [6.07, 6.45) is 5.99. The molecular weight excluding hydrogens is 691 g/mol. The molecule has 6 aromatic rings. The predicted octanol–water partition coefficient (Wildman–Crippen LogP) is 6.31. The standard InChI is InChI=1S/C17H16N6S2.C8H9N3S.C7H16O3.C3H6/c1-22-12-7-3-5-9-14(12)24-16(22)20-18-11-19-21-17-23(2)13-8-4-6-10-15(13)25-17;1-11-6-4-2-3-5-7(6)12-8(11)10-9;1-4-8-7(9-5-2)10-6-3;1-2-3-1/h3-11H,1-2H3,(H,18,19);2-5H,9H2,1H3;7H,4-6H2,1-3H3;1-3H2/b20-16+,21-17+;10-8+;;. The molecule has 268 valence electrons. The lowest BCUT2D eigenvalue weighted by molar-refractivity contribution is -0.282. The van der Waals surface area contributed by atoms with Crippen LogP contribution in [0.25, 0.3) is 30.6 Å². The highest BCUT2D eigenvalue weighted by Gasteiger charge is 2.05. The number of hydrogen-bond donors (Lipinski definition) is 2. The first kappa shape index (κ1) is 38.7. The molecule has 1 saturated carbocycles. The highest BCUT2D eigenvalue weighted by Crippen LogP contribution is 2.17. The summed E-state index contributed by atoms with van der Waals surface area (Å²) in [4.78, 5) is 2.56. The number of benzene rings is 3. The van der Waals surface area contributed by atoms with E-state index < -0.39 is 6.48 Å². The summed E-state index contributed by atoms with van der Waals surface area (Å²) in [5.41, 5.74) is 6.33. The molecule has 3 heterocycles. The summed E-state index contributed by atoms with van der Waals surface area (Å²) in [5, 5.41) is 16.4. The van der Waals surface area contributed by atoms with Crippen molar-refractivity contribution in [2.45, 2.75) is 46.5 Å². The van der Waals surface area contributed by atoms with Crippen molar-refractivity contribution in [3.05, 3.63) is 87.2 Å². The number of thiazole rings is 3. The summed E-state index contributed by atoms with van der Waals surface area (Å²) in [7, 11) is 5.95. The van der Waals surface area contributed by atoms with E-state index in [0.717, 1.165) is 25.4 Å². The average molecular weight is 738 g/mol. The highest BCUT2D eigenvalue weighted by atomic mass is 32.1. The molecule has 1 fully saturated rings. The van der Waals surface area contributed by atoms with E-state index >= 15 is 0 Å². The number of aromatic nitrogens is 3. The van der Waals surface area contributed by atoms with Crippen molar-refractivity contribution in [2.24, 2.45) is 47.4 Å². The minimum Gasteiger partial charge on any atom is -0.330 e. The number of fused-ring (bicyclic) bond motifs is 3. The van der Waals surface area contributed by atoms with Gasteiger partial charge in [-0.05, 0) is 57.2 Å². The van der Waals surface area contributed by atoms with Crippen LogP contribution in [0.15, 0.2) is 93.2 Å². The largest absolute Gasteiger partial charge is 0.330 e. The molecular formula is C35H47N9O3S3. The lowest BCUT2D eigenvalue weighted by atomic mass is 10.3. The van der Waals surface area contributed by atoms with Gasteiger partial charge in [-0.1, -0.05) is 89.7 Å². The summed E-state index contributed by atoms with van der Waals surface area (Å²) in [5.74, 6) is 5.23. The zero-order valence-electron chi connectivity index (χ0n) is 29.5. The van der Waals surface area contributed by atoms with Crippen LogP contribution in [0.4, 0.5) is 0 Å². The van der Waals surface area contributed by atoms with Crippen molar-refractivity contribution in [1.82, 2.24) is 19.1 Å². The molecule has 3 aromatic heterocycles. The monoisotopic (exact) mass is 737 g/mol. The van der Waals surface area contributed by atoms with Gasteiger partial charge in [-0.15, -0.1) is 15.3 Å². The van der Waals surface area contributed by atoms with Gasteiger partial charge in [-0.25, -0.2) is 0 Å². The third-order valence-electron chi connectivity index (χ3n) is 6.94. The van der Waals surface area contributed by atoms with Crippen LogP contribution in [0.5, 0.6) is 0 Å². The molecule has 3 aromatic carbocycles. The molecule has 0 amide bonds. The zero-order chi connectivity index (χ0) is 35.7. The van der Waals surface area contributed by atoms with Gasteiger partial charge in [0.15, 0.2) is 0 Å². The fourth-order valence-corrected chi connectivity index (χ4v) is 7.21. The van der Waals surface area contributed by atoms with E-state index in [1.54, 1.807) is 34.0 Å². The number of rotatable bonds is 9. The topological polar surface area (TPSA) is 130 Å². The third-order valence-corrected chi connectivity index (χ3v) is 10.3. The SMILES string of the molecule is C1CC1.CCOC(OCC)OCC.Cn1/c(=N\N)sc2ccccc21.Cn1/c(=N\N=CN/N=c2/sc3ccccc3n2C)sc2ccccc21. The number of aryl methyl sites for hydroxylation is 3. The Morgan fingerprint density at radius 1 is 0.660 bits per heavy atom. The van der Waals surface area contributed by atoms with Crippen molar-refractivity contribution in [1.29, 1.82) is 0 Å². The molecule has 7 rings (SSSR count). The van der Waals surface area contributed by atoms with E-state index in [4.69, 9.17) is 20.1 Å². The maximum Gasteiger partial charge on any atom is 0.271 e. The fraction of sp³-hybridized carbons (Fsp3) is 0.371. The van der Waals surface area contributed by atoms with Crippen LogP contribution >= 0.6 is 34.0 Å². The van der Waals surface area contributed by atoms with Gasteiger partial charge in [0.2, 0.25) is 14.4 Å². The first-order chi connectivity index (χ1) is 24.4. The lowest BCUT2D eigenvalue weighted by Crippen LogP contribution is -2.20. The molecule has 0 radical (unpaired) electrons. The predicted molar refractivity (Wildman–Crippen MR) is 207 cm³/mol. The van der Waals surface area contributed by atoms with Crippen LogP contribution in [0.1, 0.15) is 40.0 Å². The zero-order valence-corrected chi connectivity index (χ0v) is 31.9. The van der Waals surface area contributed by atoms with Crippen molar-refractivity contribution < 1.29 is 14.2 Å². The van der Waals surface area contributed by atoms with Crippen molar-refractivity contribution in [3.63, 3.8) is 0 Å². The molecule has 0 saturated heterocycles. The minimum atomic E-state index is -0.472. The highest BCUT2D eigenvalue weighted by molar-refractivity contribution is 7.17. The minimum absolute atomic E-state index is 0.472. The third kappa shape index (κ3) is 11.2. The first-order valence-electron chi connectivity index (χ1n) is 16.5. The van der Waals surface area contributed by atoms with Crippen LogP contribution < -0.4 is 25.7 Å². The molecule has 0 spiro atoms. The van der Waals surface area contributed by atoms with Crippen molar-refractivity contribution in [2.75, 3.05) is 19.8 Å². The van der Waals surface area contributed by atoms with E-state index in [0.29, 0.717) is 19.8 Å². The molecule has 0 atom stereocenters. The average Bonchev–Trinajstić information content (AvgIpc) is 3.88. The van der Waals surface area contributed by atoms with Crippen LogP contribution in [0, 0.1) is 0 Å². The Labute approximate surface area is 304 Å². The molecule has 0 unspecified atom stereocenters. The number of nitrogens with one attached hydrogen (secondary N) is 1. The molecule has 50 heavy (non-hydrogen) atoms. The fourth-order valence-electron chi connectivity index (χ4n) is 4.31. The number of nitrogens with zero attached hydrogens (tertiary/aromatic N) is 7. The van der Waals surface area contributed by atoms with Crippen LogP contribution in [0.2, 0.25) is 0 Å².